The Morgan fingerprint density at radius 2 is 1.52 bits per heavy atom. The van der Waals surface area contributed by atoms with Crippen molar-refractivity contribution in [3.63, 3.8) is 0 Å². The van der Waals surface area contributed by atoms with Gasteiger partial charge in [0, 0.05) is 13.1 Å². The van der Waals surface area contributed by atoms with Crippen molar-refractivity contribution in [2.45, 2.75) is 58.3 Å². The molecular formula is C19H30N2O2. The zero-order valence-electron chi connectivity index (χ0n) is 14.4. The second-order valence-corrected chi connectivity index (χ2v) is 6.05. The van der Waals surface area contributed by atoms with Gasteiger partial charge in [-0.25, -0.2) is 0 Å². The van der Waals surface area contributed by atoms with Gasteiger partial charge in [0.2, 0.25) is 0 Å². The molecular weight excluding hydrogens is 288 g/mol. The van der Waals surface area contributed by atoms with E-state index in [-0.39, 0.29) is 5.92 Å². The number of hydrogen-bond donors (Lipinski definition) is 2. The molecule has 1 atom stereocenters. The van der Waals surface area contributed by atoms with Crippen LogP contribution >= 0.6 is 0 Å². The minimum absolute atomic E-state index is 0.187. The zero-order valence-corrected chi connectivity index (χ0v) is 14.4. The number of carbonyl (C=O) groups excluding carboxylic acids is 2. The van der Waals surface area contributed by atoms with Gasteiger partial charge in [-0.2, -0.15) is 0 Å². The molecule has 2 amide bonds. The molecule has 23 heavy (non-hydrogen) atoms. The summed E-state index contributed by atoms with van der Waals surface area (Å²) >= 11 is 0. The molecule has 0 aliphatic heterocycles. The van der Waals surface area contributed by atoms with Gasteiger partial charge in [-0.1, -0.05) is 76.3 Å². The van der Waals surface area contributed by atoms with Gasteiger partial charge < -0.3 is 10.6 Å². The summed E-state index contributed by atoms with van der Waals surface area (Å²) in [5.74, 6) is -0.885. The number of hydrogen-bond acceptors (Lipinski definition) is 2. The smallest absolute Gasteiger partial charge is 0.309 e. The Bertz CT molecular complexity index is 460. The molecule has 4 heteroatoms. The lowest BCUT2D eigenvalue weighted by Gasteiger charge is -2.13. The summed E-state index contributed by atoms with van der Waals surface area (Å²) < 4.78 is 0. The quantitative estimate of drug-likeness (QED) is 0.513. The molecule has 0 saturated heterocycles. The maximum atomic E-state index is 11.8. The number of rotatable bonds is 10. The molecule has 0 fully saturated rings. The Labute approximate surface area is 140 Å². The summed E-state index contributed by atoms with van der Waals surface area (Å²) in [6.07, 6.45) is 7.00. The summed E-state index contributed by atoms with van der Waals surface area (Å²) in [4.78, 5) is 23.5. The van der Waals surface area contributed by atoms with Crippen molar-refractivity contribution < 1.29 is 9.59 Å². The van der Waals surface area contributed by atoms with E-state index >= 15 is 0 Å². The fourth-order valence-electron chi connectivity index (χ4n) is 2.41. The first-order valence-corrected chi connectivity index (χ1v) is 8.76. The molecule has 0 saturated carbocycles. The van der Waals surface area contributed by atoms with Crippen LogP contribution in [0.3, 0.4) is 0 Å². The van der Waals surface area contributed by atoms with Gasteiger partial charge in [-0.3, -0.25) is 9.59 Å². The van der Waals surface area contributed by atoms with Gasteiger partial charge >= 0.3 is 11.8 Å². The van der Waals surface area contributed by atoms with E-state index in [1.807, 2.05) is 37.3 Å². The van der Waals surface area contributed by atoms with E-state index in [2.05, 4.69) is 17.6 Å². The lowest BCUT2D eigenvalue weighted by molar-refractivity contribution is -0.139. The zero-order chi connectivity index (χ0) is 16.9. The van der Waals surface area contributed by atoms with Gasteiger partial charge in [-0.15, -0.1) is 0 Å². The predicted octanol–water partition coefficient (Wildman–Crippen LogP) is 3.38. The molecule has 0 radical (unpaired) electrons. The second-order valence-electron chi connectivity index (χ2n) is 6.05. The van der Waals surface area contributed by atoms with Crippen LogP contribution in [0.1, 0.15) is 63.9 Å². The van der Waals surface area contributed by atoms with Gasteiger partial charge in [0.1, 0.15) is 0 Å². The summed E-state index contributed by atoms with van der Waals surface area (Å²) in [5, 5.41) is 5.38. The summed E-state index contributed by atoms with van der Waals surface area (Å²) in [6, 6.07) is 9.96. The Hall–Kier alpha value is -1.84. The van der Waals surface area contributed by atoms with E-state index < -0.39 is 11.8 Å². The van der Waals surface area contributed by atoms with Crippen LogP contribution in [0.2, 0.25) is 0 Å². The number of amides is 2. The first kappa shape index (κ1) is 19.2. The van der Waals surface area contributed by atoms with Crippen molar-refractivity contribution in [2.24, 2.45) is 0 Å². The van der Waals surface area contributed by atoms with E-state index in [1.165, 1.54) is 25.7 Å². The minimum Gasteiger partial charge on any atom is -0.348 e. The molecule has 0 unspecified atom stereocenters. The van der Waals surface area contributed by atoms with Crippen LogP contribution in [0.4, 0.5) is 0 Å². The maximum Gasteiger partial charge on any atom is 0.309 e. The third-order valence-corrected chi connectivity index (χ3v) is 3.96. The largest absolute Gasteiger partial charge is 0.348 e. The molecule has 4 nitrogen and oxygen atoms in total. The molecule has 2 N–H and O–H groups in total. The molecule has 128 valence electrons. The fourth-order valence-corrected chi connectivity index (χ4v) is 2.41. The topological polar surface area (TPSA) is 58.2 Å². The van der Waals surface area contributed by atoms with Crippen LogP contribution in [0.15, 0.2) is 30.3 Å². The normalized spacial score (nSPS) is 11.7. The number of carbonyl (C=O) groups is 2. The van der Waals surface area contributed by atoms with E-state index in [9.17, 15) is 9.59 Å². The number of benzene rings is 1. The summed E-state index contributed by atoms with van der Waals surface area (Å²) in [6.45, 7) is 5.27. The van der Waals surface area contributed by atoms with Crippen molar-refractivity contribution >= 4 is 11.8 Å². The molecule has 1 aromatic rings. The number of nitrogens with one attached hydrogen (secondary N) is 2. The van der Waals surface area contributed by atoms with Crippen LogP contribution < -0.4 is 10.6 Å². The molecule has 1 aromatic carbocycles. The first-order chi connectivity index (χ1) is 11.1. The molecule has 1 rings (SSSR count). The van der Waals surface area contributed by atoms with Gasteiger partial charge in [-0.05, 0) is 17.9 Å². The predicted molar refractivity (Wildman–Crippen MR) is 94.3 cm³/mol. The van der Waals surface area contributed by atoms with Crippen LogP contribution in [-0.4, -0.2) is 24.9 Å². The van der Waals surface area contributed by atoms with Crippen LogP contribution in [0.25, 0.3) is 0 Å². The molecule has 0 spiro atoms. The van der Waals surface area contributed by atoms with E-state index in [1.54, 1.807) is 0 Å². The fraction of sp³-hybridized carbons (Fsp3) is 0.579. The molecule has 0 bridgehead atoms. The first-order valence-electron chi connectivity index (χ1n) is 8.76. The Morgan fingerprint density at radius 1 is 0.913 bits per heavy atom. The van der Waals surface area contributed by atoms with Crippen LogP contribution in [0, 0.1) is 0 Å². The van der Waals surface area contributed by atoms with Gasteiger partial charge in [0.25, 0.3) is 0 Å². The van der Waals surface area contributed by atoms with Crippen molar-refractivity contribution in [3.05, 3.63) is 35.9 Å². The molecule has 0 aliphatic carbocycles. The lowest BCUT2D eigenvalue weighted by Crippen LogP contribution is -2.41. The third kappa shape index (κ3) is 8.38. The third-order valence-electron chi connectivity index (χ3n) is 3.96. The Balaban J connectivity index is 2.13. The van der Waals surface area contributed by atoms with E-state index in [4.69, 9.17) is 0 Å². The van der Waals surface area contributed by atoms with Crippen molar-refractivity contribution in [3.8, 4) is 0 Å². The maximum absolute atomic E-state index is 11.8. The molecule has 0 aliphatic rings. The minimum atomic E-state index is -0.543. The molecule has 0 aromatic heterocycles. The highest BCUT2D eigenvalue weighted by Crippen LogP contribution is 2.12. The SMILES string of the molecule is CCCCCCCCNC(=O)C(=O)NC[C@@H](C)c1ccccc1. The highest BCUT2D eigenvalue weighted by molar-refractivity contribution is 6.35. The lowest BCUT2D eigenvalue weighted by atomic mass is 10.0. The average molecular weight is 318 g/mol. The van der Waals surface area contributed by atoms with Crippen molar-refractivity contribution in [1.29, 1.82) is 0 Å². The second kappa shape index (κ2) is 11.7. The van der Waals surface area contributed by atoms with Crippen LogP contribution in [0.5, 0.6) is 0 Å². The standard InChI is InChI=1S/C19H30N2O2/c1-3-4-5-6-7-11-14-20-18(22)19(23)21-15-16(2)17-12-9-8-10-13-17/h8-10,12-13,16H,3-7,11,14-15H2,1-2H3,(H,20,22)(H,21,23)/t16-/m1/s1. The summed E-state index contributed by atoms with van der Waals surface area (Å²) in [7, 11) is 0. The highest BCUT2D eigenvalue weighted by atomic mass is 16.2. The Kier molecular flexibility index (Phi) is 9.76. The summed E-state index contributed by atoms with van der Waals surface area (Å²) in [5.41, 5.74) is 1.15. The van der Waals surface area contributed by atoms with Crippen LogP contribution in [-0.2, 0) is 9.59 Å². The monoisotopic (exact) mass is 318 g/mol. The average Bonchev–Trinajstić information content (AvgIpc) is 2.59. The highest BCUT2D eigenvalue weighted by Gasteiger charge is 2.14. The van der Waals surface area contributed by atoms with Gasteiger partial charge in [0.15, 0.2) is 0 Å². The van der Waals surface area contributed by atoms with Crippen molar-refractivity contribution in [2.75, 3.05) is 13.1 Å². The van der Waals surface area contributed by atoms with Crippen molar-refractivity contribution in [1.82, 2.24) is 10.6 Å². The Morgan fingerprint density at radius 3 is 2.22 bits per heavy atom. The van der Waals surface area contributed by atoms with E-state index in [0.717, 1.165) is 18.4 Å². The molecule has 0 heterocycles. The van der Waals surface area contributed by atoms with Gasteiger partial charge in [0.05, 0.1) is 0 Å². The number of unbranched alkanes of at least 4 members (excludes halogenated alkanes) is 5. The van der Waals surface area contributed by atoms with E-state index in [0.29, 0.717) is 13.1 Å².